The minimum atomic E-state index is -0.722. The highest BCUT2D eigenvalue weighted by atomic mass is 16.4. The molecule has 0 heterocycles. The maximum atomic E-state index is 10.6. The highest BCUT2D eigenvalue weighted by Crippen LogP contribution is 2.36. The van der Waals surface area contributed by atoms with Crippen LogP contribution in [0.25, 0.3) is 0 Å². The monoisotopic (exact) mass is 414 g/mol. The molecule has 0 bridgehead atoms. The van der Waals surface area contributed by atoms with Crippen molar-refractivity contribution in [2.75, 3.05) is 0 Å². The van der Waals surface area contributed by atoms with Gasteiger partial charge in [-0.1, -0.05) is 64.7 Å². The van der Waals surface area contributed by atoms with Crippen LogP contribution in [0.3, 0.4) is 0 Å². The molecule has 6 heteroatoms. The van der Waals surface area contributed by atoms with Gasteiger partial charge in [-0.3, -0.25) is 14.4 Å². The van der Waals surface area contributed by atoms with E-state index in [-0.39, 0.29) is 24.7 Å². The van der Waals surface area contributed by atoms with E-state index in [9.17, 15) is 14.4 Å². The average Bonchev–Trinajstić information content (AvgIpc) is 2.63. The Bertz CT molecular complexity index is 396. The smallest absolute Gasteiger partial charge is 0.303 e. The SMILES string of the molecule is CC(CCCCCCC(=O)O)(CCCCCCC(=O)O)CCCCCCC(=O)O. The number of carboxylic acids is 3. The topological polar surface area (TPSA) is 112 Å². The number of carbonyl (C=O) groups is 3. The number of hydrogen-bond acceptors (Lipinski definition) is 3. The Balaban J connectivity index is 4.17. The largest absolute Gasteiger partial charge is 0.481 e. The summed E-state index contributed by atoms with van der Waals surface area (Å²) in [6.45, 7) is 2.35. The van der Waals surface area contributed by atoms with Crippen molar-refractivity contribution in [2.45, 2.75) is 122 Å². The fourth-order valence-corrected chi connectivity index (χ4v) is 3.92. The molecule has 0 saturated carbocycles. The second-order valence-corrected chi connectivity index (χ2v) is 8.73. The summed E-state index contributed by atoms with van der Waals surface area (Å²) in [4.78, 5) is 31.8. The molecular formula is C23H42O6. The number of aliphatic carboxylic acids is 3. The molecule has 0 atom stereocenters. The number of carboxylic acid groups (broad SMARTS) is 3. The molecule has 0 aliphatic heterocycles. The molecule has 0 aromatic heterocycles. The van der Waals surface area contributed by atoms with Crippen LogP contribution in [0.4, 0.5) is 0 Å². The van der Waals surface area contributed by atoms with Crippen molar-refractivity contribution < 1.29 is 29.7 Å². The Hall–Kier alpha value is -1.59. The van der Waals surface area contributed by atoms with Gasteiger partial charge in [-0.2, -0.15) is 0 Å². The summed E-state index contributed by atoms with van der Waals surface area (Å²) < 4.78 is 0. The quantitative estimate of drug-likeness (QED) is 0.191. The zero-order valence-corrected chi connectivity index (χ0v) is 18.3. The molecule has 3 N–H and O–H groups in total. The van der Waals surface area contributed by atoms with E-state index < -0.39 is 17.9 Å². The predicted octanol–water partition coefficient (Wildman–Crippen LogP) is 6.27. The van der Waals surface area contributed by atoms with Gasteiger partial charge in [0.05, 0.1) is 0 Å². The minimum absolute atomic E-state index is 0.254. The van der Waals surface area contributed by atoms with E-state index in [0.29, 0.717) is 0 Å². The van der Waals surface area contributed by atoms with Crippen molar-refractivity contribution in [2.24, 2.45) is 5.41 Å². The second-order valence-electron chi connectivity index (χ2n) is 8.73. The lowest BCUT2D eigenvalue weighted by Crippen LogP contribution is -2.16. The zero-order valence-electron chi connectivity index (χ0n) is 18.3. The van der Waals surface area contributed by atoms with Gasteiger partial charge in [-0.15, -0.1) is 0 Å². The van der Waals surface area contributed by atoms with Gasteiger partial charge in [0.1, 0.15) is 0 Å². The third kappa shape index (κ3) is 19.5. The van der Waals surface area contributed by atoms with E-state index in [1.54, 1.807) is 0 Å². The summed E-state index contributed by atoms with van der Waals surface area (Å²) in [5.41, 5.74) is 0.270. The van der Waals surface area contributed by atoms with Crippen LogP contribution in [-0.4, -0.2) is 33.2 Å². The Kier molecular flexibility index (Phi) is 16.3. The maximum absolute atomic E-state index is 10.6. The molecule has 0 radical (unpaired) electrons. The van der Waals surface area contributed by atoms with Gasteiger partial charge in [0.2, 0.25) is 0 Å². The van der Waals surface area contributed by atoms with E-state index in [1.807, 2.05) is 0 Å². The van der Waals surface area contributed by atoms with Crippen molar-refractivity contribution >= 4 is 17.9 Å². The Morgan fingerprint density at radius 3 is 0.966 bits per heavy atom. The molecule has 0 aromatic rings. The Morgan fingerprint density at radius 1 is 0.483 bits per heavy atom. The summed E-state index contributed by atoms with van der Waals surface area (Å²) in [6.07, 6.45) is 15.9. The van der Waals surface area contributed by atoms with Gasteiger partial charge >= 0.3 is 17.9 Å². The summed E-state index contributed by atoms with van der Waals surface area (Å²) >= 11 is 0. The lowest BCUT2D eigenvalue weighted by molar-refractivity contribution is -0.138. The Labute approximate surface area is 176 Å². The van der Waals surface area contributed by atoms with Gasteiger partial charge in [0, 0.05) is 19.3 Å². The van der Waals surface area contributed by atoms with Gasteiger partial charge < -0.3 is 15.3 Å². The van der Waals surface area contributed by atoms with Crippen LogP contribution in [-0.2, 0) is 14.4 Å². The van der Waals surface area contributed by atoms with Crippen LogP contribution in [0.2, 0.25) is 0 Å². The Morgan fingerprint density at radius 2 is 0.724 bits per heavy atom. The summed E-state index contributed by atoms with van der Waals surface area (Å²) in [5.74, 6) is -2.16. The molecule has 170 valence electrons. The molecule has 0 unspecified atom stereocenters. The van der Waals surface area contributed by atoms with Crippen molar-refractivity contribution in [3.63, 3.8) is 0 Å². The number of unbranched alkanes of at least 4 members (excludes halogenated alkanes) is 9. The zero-order chi connectivity index (χ0) is 22.0. The first-order valence-electron chi connectivity index (χ1n) is 11.4. The summed E-state index contributed by atoms with van der Waals surface area (Å²) in [6, 6.07) is 0. The lowest BCUT2D eigenvalue weighted by Gasteiger charge is -2.30. The van der Waals surface area contributed by atoms with Gasteiger partial charge in [-0.25, -0.2) is 0 Å². The van der Waals surface area contributed by atoms with Crippen LogP contribution in [0.5, 0.6) is 0 Å². The normalized spacial score (nSPS) is 11.5. The molecule has 0 amide bonds. The van der Waals surface area contributed by atoms with E-state index in [4.69, 9.17) is 15.3 Å². The van der Waals surface area contributed by atoms with Crippen molar-refractivity contribution in [1.29, 1.82) is 0 Å². The van der Waals surface area contributed by atoms with Gasteiger partial charge in [0.15, 0.2) is 0 Å². The minimum Gasteiger partial charge on any atom is -0.481 e. The van der Waals surface area contributed by atoms with E-state index in [1.165, 1.54) is 0 Å². The molecule has 29 heavy (non-hydrogen) atoms. The highest BCUT2D eigenvalue weighted by Gasteiger charge is 2.22. The molecular weight excluding hydrogens is 372 g/mol. The predicted molar refractivity (Wildman–Crippen MR) is 114 cm³/mol. The van der Waals surface area contributed by atoms with Crippen LogP contribution < -0.4 is 0 Å². The lowest BCUT2D eigenvalue weighted by atomic mass is 9.75. The van der Waals surface area contributed by atoms with Crippen molar-refractivity contribution in [1.82, 2.24) is 0 Å². The molecule has 0 aliphatic rings. The molecule has 0 rings (SSSR count). The highest BCUT2D eigenvalue weighted by molar-refractivity contribution is 5.67. The first-order valence-corrected chi connectivity index (χ1v) is 11.4. The summed E-state index contributed by atoms with van der Waals surface area (Å²) in [7, 11) is 0. The molecule has 0 aliphatic carbocycles. The van der Waals surface area contributed by atoms with Gasteiger partial charge in [0.25, 0.3) is 0 Å². The average molecular weight is 415 g/mol. The fourth-order valence-electron chi connectivity index (χ4n) is 3.92. The first-order chi connectivity index (χ1) is 13.7. The third-order valence-corrected chi connectivity index (χ3v) is 5.76. The molecule has 0 saturated heterocycles. The molecule has 6 nitrogen and oxygen atoms in total. The van der Waals surface area contributed by atoms with Crippen molar-refractivity contribution in [3.05, 3.63) is 0 Å². The van der Waals surface area contributed by atoms with Crippen molar-refractivity contribution in [3.8, 4) is 0 Å². The van der Waals surface area contributed by atoms with Crippen LogP contribution >= 0.6 is 0 Å². The molecule has 0 spiro atoms. The van der Waals surface area contributed by atoms with E-state index in [0.717, 1.165) is 96.3 Å². The van der Waals surface area contributed by atoms with Crippen LogP contribution in [0, 0.1) is 5.41 Å². The molecule has 0 fully saturated rings. The van der Waals surface area contributed by atoms with Gasteiger partial charge in [-0.05, 0) is 43.9 Å². The third-order valence-electron chi connectivity index (χ3n) is 5.76. The second kappa shape index (κ2) is 17.3. The van der Waals surface area contributed by atoms with Crippen LogP contribution in [0.15, 0.2) is 0 Å². The fraction of sp³-hybridized carbons (Fsp3) is 0.870. The maximum Gasteiger partial charge on any atom is 0.303 e. The molecule has 0 aromatic carbocycles. The van der Waals surface area contributed by atoms with E-state index >= 15 is 0 Å². The number of rotatable bonds is 21. The van der Waals surface area contributed by atoms with Crippen LogP contribution in [0.1, 0.15) is 122 Å². The van der Waals surface area contributed by atoms with E-state index in [2.05, 4.69) is 6.92 Å². The number of hydrogen-bond donors (Lipinski definition) is 3. The summed E-state index contributed by atoms with van der Waals surface area (Å²) in [5, 5.41) is 26.1. The first kappa shape index (κ1) is 27.4. The standard InChI is InChI=1S/C23H42O6/c1-23(17-11-5-2-8-14-20(24)25,18-12-6-3-9-15-21(26)27)19-13-7-4-10-16-22(28)29/h2-19H2,1H3,(H,24,25)(H,26,27)(H,28,29).